The van der Waals surface area contributed by atoms with E-state index in [-0.39, 0.29) is 18.4 Å². The molecule has 6 nitrogen and oxygen atoms in total. The molecule has 0 saturated carbocycles. The van der Waals surface area contributed by atoms with Crippen LogP contribution in [0.1, 0.15) is 12.5 Å². The molecule has 6 heteroatoms. The molecule has 1 unspecified atom stereocenters. The zero-order valence-electron chi connectivity index (χ0n) is 12.6. The first-order valence-electron chi connectivity index (χ1n) is 6.79. The van der Waals surface area contributed by atoms with Gasteiger partial charge >= 0.3 is 0 Å². The molecule has 0 spiro atoms. The summed E-state index contributed by atoms with van der Waals surface area (Å²) < 4.78 is 10.3. The summed E-state index contributed by atoms with van der Waals surface area (Å²) in [6.45, 7) is 4.39. The molecule has 1 rings (SSSR count). The Bertz CT molecular complexity index is 459. The monoisotopic (exact) mass is 294 g/mol. The third-order valence-electron chi connectivity index (χ3n) is 2.75. The largest absolute Gasteiger partial charge is 0.481 e. The third-order valence-corrected chi connectivity index (χ3v) is 2.75. The molecule has 0 bridgehead atoms. The maximum atomic E-state index is 11.8. The van der Waals surface area contributed by atoms with Crippen molar-refractivity contribution < 1.29 is 19.1 Å². The predicted molar refractivity (Wildman–Crippen MR) is 79.2 cm³/mol. The molecule has 0 heterocycles. The number of hydrogen-bond donors (Lipinski definition) is 2. The lowest BCUT2D eigenvalue weighted by atomic mass is 10.2. The molecule has 2 N–H and O–H groups in total. The standard InChI is InChI=1S/C15H22N2O4/c1-11-4-6-13(7-5-11)21-12(2)15(19)17-10-14(18)16-8-9-20-3/h4-7,12H,8-10H2,1-3H3,(H,16,18)(H,17,19). The molecule has 0 aliphatic rings. The summed E-state index contributed by atoms with van der Waals surface area (Å²) in [6.07, 6.45) is -0.667. The molecule has 0 aliphatic carbocycles. The molecule has 1 aromatic carbocycles. The van der Waals surface area contributed by atoms with Gasteiger partial charge in [-0.1, -0.05) is 17.7 Å². The van der Waals surface area contributed by atoms with Gasteiger partial charge in [-0.2, -0.15) is 0 Å². The molecule has 2 amide bonds. The van der Waals surface area contributed by atoms with Gasteiger partial charge in [-0.3, -0.25) is 9.59 Å². The van der Waals surface area contributed by atoms with Crippen molar-refractivity contribution in [2.24, 2.45) is 0 Å². The fraction of sp³-hybridized carbons (Fsp3) is 0.467. The molecule has 116 valence electrons. The fourth-order valence-corrected chi connectivity index (χ4v) is 1.54. The summed E-state index contributed by atoms with van der Waals surface area (Å²) in [5.74, 6) is 0.0215. The highest BCUT2D eigenvalue weighted by atomic mass is 16.5. The van der Waals surface area contributed by atoms with Gasteiger partial charge < -0.3 is 20.1 Å². The Morgan fingerprint density at radius 3 is 2.48 bits per heavy atom. The quantitative estimate of drug-likeness (QED) is 0.690. The van der Waals surface area contributed by atoms with Crippen LogP contribution in [-0.4, -0.2) is 44.7 Å². The van der Waals surface area contributed by atoms with Crippen molar-refractivity contribution in [3.8, 4) is 5.75 Å². The van der Waals surface area contributed by atoms with E-state index >= 15 is 0 Å². The minimum Gasteiger partial charge on any atom is -0.481 e. The van der Waals surface area contributed by atoms with Gasteiger partial charge in [-0.25, -0.2) is 0 Å². The SMILES string of the molecule is COCCNC(=O)CNC(=O)C(C)Oc1ccc(C)cc1. The molecule has 1 aromatic rings. The second-order valence-corrected chi connectivity index (χ2v) is 4.63. The van der Waals surface area contributed by atoms with Crippen molar-refractivity contribution in [1.29, 1.82) is 0 Å². The second-order valence-electron chi connectivity index (χ2n) is 4.63. The van der Waals surface area contributed by atoms with E-state index in [9.17, 15) is 9.59 Å². The molecular formula is C15H22N2O4. The number of hydrogen-bond acceptors (Lipinski definition) is 4. The van der Waals surface area contributed by atoms with Gasteiger partial charge in [-0.05, 0) is 26.0 Å². The average Bonchev–Trinajstić information content (AvgIpc) is 2.47. The normalized spacial score (nSPS) is 11.6. The number of nitrogens with one attached hydrogen (secondary N) is 2. The van der Waals surface area contributed by atoms with Crippen LogP contribution in [0.15, 0.2) is 24.3 Å². The van der Waals surface area contributed by atoms with E-state index in [1.54, 1.807) is 26.2 Å². The van der Waals surface area contributed by atoms with Crippen molar-refractivity contribution in [3.05, 3.63) is 29.8 Å². The van der Waals surface area contributed by atoms with Gasteiger partial charge in [-0.15, -0.1) is 0 Å². The summed E-state index contributed by atoms with van der Waals surface area (Å²) in [5.41, 5.74) is 1.12. The number of benzene rings is 1. The zero-order valence-corrected chi connectivity index (χ0v) is 12.6. The summed E-state index contributed by atoms with van der Waals surface area (Å²) in [6, 6.07) is 7.42. The minimum absolute atomic E-state index is 0.0792. The lowest BCUT2D eigenvalue weighted by Crippen LogP contribution is -2.42. The maximum absolute atomic E-state index is 11.8. The van der Waals surface area contributed by atoms with Crippen LogP contribution in [0.2, 0.25) is 0 Å². The van der Waals surface area contributed by atoms with Crippen molar-refractivity contribution in [2.75, 3.05) is 26.8 Å². The lowest BCUT2D eigenvalue weighted by Gasteiger charge is -2.14. The molecule has 0 saturated heterocycles. The van der Waals surface area contributed by atoms with Crippen LogP contribution in [-0.2, 0) is 14.3 Å². The Hall–Kier alpha value is -2.08. The summed E-state index contributed by atoms with van der Waals surface area (Å²) in [4.78, 5) is 23.2. The van der Waals surface area contributed by atoms with Crippen LogP contribution in [0.5, 0.6) is 5.75 Å². The molecule has 0 fully saturated rings. The van der Waals surface area contributed by atoms with Crippen LogP contribution in [0.4, 0.5) is 0 Å². The van der Waals surface area contributed by atoms with E-state index in [4.69, 9.17) is 9.47 Å². The van der Waals surface area contributed by atoms with Crippen LogP contribution < -0.4 is 15.4 Å². The molecule has 1 atom stereocenters. The first-order valence-corrected chi connectivity index (χ1v) is 6.79. The lowest BCUT2D eigenvalue weighted by molar-refractivity contribution is -0.130. The zero-order chi connectivity index (χ0) is 15.7. The number of amides is 2. The first kappa shape index (κ1) is 17.0. The number of aryl methyl sites for hydroxylation is 1. The number of methoxy groups -OCH3 is 1. The molecule has 0 aliphatic heterocycles. The third kappa shape index (κ3) is 6.76. The fourth-order valence-electron chi connectivity index (χ4n) is 1.54. The minimum atomic E-state index is -0.667. The van der Waals surface area contributed by atoms with E-state index in [1.807, 2.05) is 19.1 Å². The Labute approximate surface area is 124 Å². The van der Waals surface area contributed by atoms with Crippen molar-refractivity contribution >= 4 is 11.8 Å². The van der Waals surface area contributed by atoms with Gasteiger partial charge in [0.2, 0.25) is 5.91 Å². The molecular weight excluding hydrogens is 272 g/mol. The highest BCUT2D eigenvalue weighted by Crippen LogP contribution is 2.13. The topological polar surface area (TPSA) is 76.7 Å². The van der Waals surface area contributed by atoms with E-state index in [2.05, 4.69) is 10.6 Å². The maximum Gasteiger partial charge on any atom is 0.261 e. The summed E-state index contributed by atoms with van der Waals surface area (Å²) in [5, 5.41) is 5.14. The number of rotatable bonds is 8. The Kier molecular flexibility index (Phi) is 7.25. The number of ether oxygens (including phenoxy) is 2. The molecule has 0 radical (unpaired) electrons. The van der Waals surface area contributed by atoms with Gasteiger partial charge in [0.1, 0.15) is 5.75 Å². The summed E-state index contributed by atoms with van der Waals surface area (Å²) >= 11 is 0. The van der Waals surface area contributed by atoms with Crippen molar-refractivity contribution in [1.82, 2.24) is 10.6 Å². The van der Waals surface area contributed by atoms with Crippen molar-refractivity contribution in [2.45, 2.75) is 20.0 Å². The van der Waals surface area contributed by atoms with Crippen LogP contribution in [0.3, 0.4) is 0 Å². The molecule has 0 aromatic heterocycles. The van der Waals surface area contributed by atoms with E-state index < -0.39 is 6.10 Å². The average molecular weight is 294 g/mol. The van der Waals surface area contributed by atoms with Crippen LogP contribution >= 0.6 is 0 Å². The Morgan fingerprint density at radius 1 is 1.19 bits per heavy atom. The Balaban J connectivity index is 2.30. The van der Waals surface area contributed by atoms with Gasteiger partial charge in [0.25, 0.3) is 5.91 Å². The predicted octanol–water partition coefficient (Wildman–Crippen LogP) is 0.641. The van der Waals surface area contributed by atoms with E-state index in [0.29, 0.717) is 18.9 Å². The summed E-state index contributed by atoms with van der Waals surface area (Å²) in [7, 11) is 1.55. The first-order chi connectivity index (χ1) is 10.0. The van der Waals surface area contributed by atoms with Gasteiger partial charge in [0.05, 0.1) is 13.2 Å². The second kappa shape index (κ2) is 8.97. The van der Waals surface area contributed by atoms with Crippen molar-refractivity contribution in [3.63, 3.8) is 0 Å². The van der Waals surface area contributed by atoms with Gasteiger partial charge in [0.15, 0.2) is 6.10 Å². The highest BCUT2D eigenvalue weighted by Gasteiger charge is 2.15. The van der Waals surface area contributed by atoms with Crippen LogP contribution in [0.25, 0.3) is 0 Å². The van der Waals surface area contributed by atoms with Crippen LogP contribution in [0, 0.1) is 6.92 Å². The van der Waals surface area contributed by atoms with E-state index in [0.717, 1.165) is 5.56 Å². The highest BCUT2D eigenvalue weighted by molar-refractivity contribution is 5.86. The smallest absolute Gasteiger partial charge is 0.261 e. The Morgan fingerprint density at radius 2 is 1.86 bits per heavy atom. The molecule has 21 heavy (non-hydrogen) atoms. The number of carbonyl (C=O) groups excluding carboxylic acids is 2. The van der Waals surface area contributed by atoms with Gasteiger partial charge in [0, 0.05) is 13.7 Å². The van der Waals surface area contributed by atoms with E-state index in [1.165, 1.54) is 0 Å². The number of carbonyl (C=O) groups is 2.